The molecular weight excluding hydrogens is 416 g/mol. The molecule has 0 saturated carbocycles. The van der Waals surface area contributed by atoms with Crippen molar-refractivity contribution in [1.29, 1.82) is 0 Å². The molecular formula is C27H32N2O4. The number of nitrogens with zero attached hydrogens (tertiary/aromatic N) is 2. The van der Waals surface area contributed by atoms with Gasteiger partial charge in [-0.1, -0.05) is 26.0 Å². The van der Waals surface area contributed by atoms with E-state index in [0.29, 0.717) is 23.1 Å². The summed E-state index contributed by atoms with van der Waals surface area (Å²) in [6, 6.07) is 10.8. The van der Waals surface area contributed by atoms with E-state index in [2.05, 4.69) is 18.7 Å². The first-order valence-corrected chi connectivity index (χ1v) is 11.6. The summed E-state index contributed by atoms with van der Waals surface area (Å²) in [5.74, 6) is 0.676. The average Bonchev–Trinajstić information content (AvgIpc) is 3.10. The van der Waals surface area contributed by atoms with Crippen molar-refractivity contribution in [2.24, 2.45) is 0 Å². The topological polar surface area (TPSA) is 63.0 Å². The summed E-state index contributed by atoms with van der Waals surface area (Å²) in [4.78, 5) is 31.3. The Morgan fingerprint density at radius 2 is 1.70 bits per heavy atom. The summed E-state index contributed by atoms with van der Waals surface area (Å²) in [6.07, 6.45) is 0.819. The van der Waals surface area contributed by atoms with Crippen LogP contribution in [0.3, 0.4) is 0 Å². The van der Waals surface area contributed by atoms with E-state index < -0.39 is 6.04 Å². The number of ether oxygens (including phenoxy) is 1. The van der Waals surface area contributed by atoms with E-state index in [1.165, 1.54) is 0 Å². The second-order valence-corrected chi connectivity index (χ2v) is 8.66. The Bertz CT molecular complexity index is 1230. The highest BCUT2D eigenvalue weighted by Crippen LogP contribution is 2.39. The lowest BCUT2D eigenvalue weighted by Crippen LogP contribution is -2.33. The summed E-state index contributed by atoms with van der Waals surface area (Å²) >= 11 is 0. The molecule has 6 heteroatoms. The van der Waals surface area contributed by atoms with Crippen LogP contribution in [0.4, 0.5) is 0 Å². The molecule has 0 spiro atoms. The number of hydrogen-bond acceptors (Lipinski definition) is 5. The molecule has 1 amide bonds. The molecule has 1 aliphatic rings. The predicted octanol–water partition coefficient (Wildman–Crippen LogP) is 4.70. The summed E-state index contributed by atoms with van der Waals surface area (Å²) in [5.41, 5.74) is 3.70. The molecule has 0 N–H and O–H groups in total. The third-order valence-electron chi connectivity index (χ3n) is 6.78. The number of benzene rings is 2. The number of fused-ring (bicyclic) bond motifs is 2. The Morgan fingerprint density at radius 3 is 2.33 bits per heavy atom. The van der Waals surface area contributed by atoms with Crippen LogP contribution in [0.1, 0.15) is 59.1 Å². The lowest BCUT2D eigenvalue weighted by molar-refractivity contribution is 0.0720. The molecule has 1 atom stereocenters. The van der Waals surface area contributed by atoms with Crippen LogP contribution in [0.15, 0.2) is 45.6 Å². The fourth-order valence-corrected chi connectivity index (χ4v) is 4.64. The quantitative estimate of drug-likeness (QED) is 0.500. The maximum atomic E-state index is 13.7. The van der Waals surface area contributed by atoms with E-state index in [9.17, 15) is 9.59 Å². The molecule has 0 bridgehead atoms. The number of amides is 1. The van der Waals surface area contributed by atoms with Gasteiger partial charge in [0, 0.05) is 6.54 Å². The van der Waals surface area contributed by atoms with Gasteiger partial charge in [-0.15, -0.1) is 0 Å². The Morgan fingerprint density at radius 1 is 1.03 bits per heavy atom. The van der Waals surface area contributed by atoms with Crippen LogP contribution in [0.5, 0.6) is 5.75 Å². The van der Waals surface area contributed by atoms with Crippen molar-refractivity contribution in [1.82, 2.24) is 9.80 Å². The summed E-state index contributed by atoms with van der Waals surface area (Å²) in [5, 5.41) is 0.521. The van der Waals surface area contributed by atoms with Crippen molar-refractivity contribution in [3.05, 3.63) is 74.6 Å². The predicted molar refractivity (Wildman–Crippen MR) is 130 cm³/mol. The van der Waals surface area contributed by atoms with Crippen LogP contribution in [-0.4, -0.2) is 49.0 Å². The first-order valence-electron chi connectivity index (χ1n) is 11.6. The Kier molecular flexibility index (Phi) is 6.56. The molecule has 1 aromatic heterocycles. The molecule has 0 saturated heterocycles. The van der Waals surface area contributed by atoms with Gasteiger partial charge in [0.25, 0.3) is 5.91 Å². The van der Waals surface area contributed by atoms with Gasteiger partial charge in [-0.25, -0.2) is 0 Å². The molecule has 2 heterocycles. The zero-order chi connectivity index (χ0) is 23.7. The largest absolute Gasteiger partial charge is 0.497 e. The first-order chi connectivity index (χ1) is 15.9. The van der Waals surface area contributed by atoms with Gasteiger partial charge in [-0.05, 0) is 80.9 Å². The van der Waals surface area contributed by atoms with Gasteiger partial charge in [0.1, 0.15) is 11.3 Å². The Balaban J connectivity index is 1.82. The summed E-state index contributed by atoms with van der Waals surface area (Å²) in [7, 11) is 1.62. The van der Waals surface area contributed by atoms with Crippen LogP contribution >= 0.6 is 0 Å². The minimum absolute atomic E-state index is 0.130. The second kappa shape index (κ2) is 9.40. The molecule has 33 heavy (non-hydrogen) atoms. The average molecular weight is 449 g/mol. The first kappa shape index (κ1) is 23.1. The van der Waals surface area contributed by atoms with Crippen molar-refractivity contribution in [2.45, 2.75) is 40.2 Å². The second-order valence-electron chi connectivity index (χ2n) is 8.66. The van der Waals surface area contributed by atoms with Gasteiger partial charge in [0.15, 0.2) is 5.43 Å². The van der Waals surface area contributed by atoms with E-state index in [1.807, 2.05) is 50.2 Å². The van der Waals surface area contributed by atoms with E-state index in [0.717, 1.165) is 48.5 Å². The number of carbonyl (C=O) groups excluding carboxylic acids is 1. The van der Waals surface area contributed by atoms with Crippen molar-refractivity contribution in [3.63, 3.8) is 0 Å². The van der Waals surface area contributed by atoms with Crippen molar-refractivity contribution in [2.75, 3.05) is 33.3 Å². The van der Waals surface area contributed by atoms with Crippen LogP contribution in [0.2, 0.25) is 0 Å². The number of rotatable bonds is 8. The molecule has 1 aliphatic heterocycles. The highest BCUT2D eigenvalue weighted by Gasteiger charge is 2.42. The standard InChI is InChI=1S/C27H32N2O4/c1-6-28(7-2)13-8-14-29-24(19-9-11-20(32-5)12-10-19)23-25(30)21-15-17(3)18(4)16-22(21)33-26(23)27(29)31/h9-12,15-16,24H,6-8,13-14H2,1-5H3/t24-/m0/s1. The zero-order valence-corrected chi connectivity index (χ0v) is 20.1. The SMILES string of the molecule is CCN(CC)CCCN1C(=O)c2oc3cc(C)c(C)cc3c(=O)c2[C@@H]1c1ccc(OC)cc1. The minimum atomic E-state index is -0.475. The molecule has 6 nitrogen and oxygen atoms in total. The molecule has 0 aliphatic carbocycles. The van der Waals surface area contributed by atoms with Gasteiger partial charge >= 0.3 is 0 Å². The normalized spacial score (nSPS) is 15.5. The Hall–Kier alpha value is -3.12. The number of carbonyl (C=O) groups is 1. The third-order valence-corrected chi connectivity index (χ3v) is 6.78. The zero-order valence-electron chi connectivity index (χ0n) is 20.1. The van der Waals surface area contributed by atoms with Crippen molar-refractivity contribution in [3.8, 4) is 5.75 Å². The van der Waals surface area contributed by atoms with E-state index in [-0.39, 0.29) is 17.1 Å². The lowest BCUT2D eigenvalue weighted by atomic mass is 9.97. The van der Waals surface area contributed by atoms with Gasteiger partial charge in [0.05, 0.1) is 24.1 Å². The van der Waals surface area contributed by atoms with Crippen LogP contribution < -0.4 is 10.2 Å². The molecule has 0 radical (unpaired) electrons. The van der Waals surface area contributed by atoms with E-state index in [1.54, 1.807) is 12.0 Å². The highest BCUT2D eigenvalue weighted by atomic mass is 16.5. The summed E-state index contributed by atoms with van der Waals surface area (Å²) in [6.45, 7) is 11.6. The fourth-order valence-electron chi connectivity index (χ4n) is 4.64. The van der Waals surface area contributed by atoms with Gasteiger partial charge in [0.2, 0.25) is 5.76 Å². The third kappa shape index (κ3) is 4.15. The van der Waals surface area contributed by atoms with Crippen LogP contribution in [0.25, 0.3) is 11.0 Å². The maximum Gasteiger partial charge on any atom is 0.290 e. The van der Waals surface area contributed by atoms with Crippen molar-refractivity contribution < 1.29 is 13.9 Å². The molecule has 4 rings (SSSR count). The smallest absolute Gasteiger partial charge is 0.290 e. The maximum absolute atomic E-state index is 13.7. The minimum Gasteiger partial charge on any atom is -0.497 e. The fraction of sp³-hybridized carbons (Fsp3) is 0.407. The molecule has 2 aromatic carbocycles. The number of hydrogen-bond donors (Lipinski definition) is 0. The number of aryl methyl sites for hydroxylation is 2. The Labute approximate surface area is 194 Å². The molecule has 0 fully saturated rings. The van der Waals surface area contributed by atoms with Gasteiger partial charge in [-0.3, -0.25) is 9.59 Å². The molecule has 3 aromatic rings. The van der Waals surface area contributed by atoms with Crippen LogP contribution in [-0.2, 0) is 0 Å². The monoisotopic (exact) mass is 448 g/mol. The molecule has 174 valence electrons. The van der Waals surface area contributed by atoms with Gasteiger partial charge < -0.3 is 19.0 Å². The van der Waals surface area contributed by atoms with Gasteiger partial charge in [-0.2, -0.15) is 0 Å². The lowest BCUT2D eigenvalue weighted by Gasteiger charge is -2.26. The summed E-state index contributed by atoms with van der Waals surface area (Å²) < 4.78 is 11.4. The van der Waals surface area contributed by atoms with Crippen molar-refractivity contribution >= 4 is 16.9 Å². The van der Waals surface area contributed by atoms with Crippen LogP contribution in [0, 0.1) is 13.8 Å². The number of methoxy groups -OCH3 is 1. The van der Waals surface area contributed by atoms with E-state index >= 15 is 0 Å². The highest BCUT2D eigenvalue weighted by molar-refractivity contribution is 5.99. The molecule has 0 unspecified atom stereocenters. The van der Waals surface area contributed by atoms with E-state index in [4.69, 9.17) is 9.15 Å².